The summed E-state index contributed by atoms with van der Waals surface area (Å²) in [6.45, 7) is 3.94. The average Bonchev–Trinajstić information content (AvgIpc) is 2.70. The van der Waals surface area contributed by atoms with Crippen molar-refractivity contribution in [2.75, 3.05) is 5.32 Å². The van der Waals surface area contributed by atoms with Gasteiger partial charge in [0, 0.05) is 5.69 Å². The predicted molar refractivity (Wildman–Crippen MR) is 107 cm³/mol. The fraction of sp³-hybridized carbons (Fsp3) is 0.174. The first kappa shape index (κ1) is 18.5. The van der Waals surface area contributed by atoms with Gasteiger partial charge in [-0.3, -0.25) is 4.79 Å². The van der Waals surface area contributed by atoms with Crippen LogP contribution in [0.2, 0.25) is 0 Å². The smallest absolute Gasteiger partial charge is 0.265 e. The van der Waals surface area contributed by atoms with Gasteiger partial charge in [-0.15, -0.1) is 0 Å². The monoisotopic (exact) mass is 361 g/mol. The molecular formula is C23H23NO3. The van der Waals surface area contributed by atoms with Crippen LogP contribution in [0.3, 0.4) is 0 Å². The Bertz CT molecular complexity index is 858. The van der Waals surface area contributed by atoms with E-state index in [4.69, 9.17) is 9.47 Å². The van der Waals surface area contributed by atoms with Crippen molar-refractivity contribution in [3.8, 4) is 17.2 Å². The Hall–Kier alpha value is -3.27. The van der Waals surface area contributed by atoms with Crippen molar-refractivity contribution in [1.82, 2.24) is 0 Å². The van der Waals surface area contributed by atoms with Crippen molar-refractivity contribution in [2.45, 2.75) is 26.4 Å². The Morgan fingerprint density at radius 3 is 2.07 bits per heavy atom. The van der Waals surface area contributed by atoms with Crippen molar-refractivity contribution in [3.63, 3.8) is 0 Å². The predicted octanol–water partition coefficient (Wildman–Crippen LogP) is 5.58. The molecule has 0 aliphatic carbocycles. The van der Waals surface area contributed by atoms with Crippen LogP contribution >= 0.6 is 0 Å². The Balaban J connectivity index is 1.59. The molecular weight excluding hydrogens is 338 g/mol. The van der Waals surface area contributed by atoms with E-state index >= 15 is 0 Å². The van der Waals surface area contributed by atoms with E-state index in [9.17, 15) is 4.79 Å². The van der Waals surface area contributed by atoms with E-state index in [1.165, 1.54) is 0 Å². The third-order valence-corrected chi connectivity index (χ3v) is 4.06. The molecule has 0 radical (unpaired) electrons. The SMILES string of the molecule is CC[C@@H](Oc1ccc(C)cc1)C(=O)Nc1ccc(Oc2ccccc2)cc1. The van der Waals surface area contributed by atoms with Crippen molar-refractivity contribution >= 4 is 11.6 Å². The summed E-state index contributed by atoms with van der Waals surface area (Å²) in [5.74, 6) is 2.00. The summed E-state index contributed by atoms with van der Waals surface area (Å²) < 4.78 is 11.6. The molecule has 1 N–H and O–H groups in total. The lowest BCUT2D eigenvalue weighted by Gasteiger charge is -2.17. The minimum absolute atomic E-state index is 0.171. The number of anilines is 1. The molecule has 0 saturated heterocycles. The van der Waals surface area contributed by atoms with Gasteiger partial charge in [-0.05, 0) is 61.9 Å². The molecule has 3 rings (SSSR count). The Kier molecular flexibility index (Phi) is 6.10. The molecule has 0 unspecified atom stereocenters. The topological polar surface area (TPSA) is 47.6 Å². The van der Waals surface area contributed by atoms with Gasteiger partial charge in [0.1, 0.15) is 17.2 Å². The van der Waals surface area contributed by atoms with Gasteiger partial charge in [-0.1, -0.05) is 42.8 Å². The normalized spacial score (nSPS) is 11.5. The van der Waals surface area contributed by atoms with E-state index in [2.05, 4.69) is 5.32 Å². The number of rotatable bonds is 7. The van der Waals surface area contributed by atoms with Gasteiger partial charge in [-0.2, -0.15) is 0 Å². The molecule has 0 aromatic heterocycles. The number of carbonyl (C=O) groups is 1. The number of carbonyl (C=O) groups excluding carboxylic acids is 1. The molecule has 4 heteroatoms. The second-order valence-electron chi connectivity index (χ2n) is 6.26. The van der Waals surface area contributed by atoms with Crippen molar-refractivity contribution in [1.29, 1.82) is 0 Å². The van der Waals surface area contributed by atoms with E-state index in [0.717, 1.165) is 11.3 Å². The summed E-state index contributed by atoms with van der Waals surface area (Å²) in [6.07, 6.45) is 0.0301. The number of nitrogens with one attached hydrogen (secondary N) is 1. The fourth-order valence-corrected chi connectivity index (χ4v) is 2.56. The Labute approximate surface area is 159 Å². The van der Waals surface area contributed by atoms with Gasteiger partial charge in [0.15, 0.2) is 6.10 Å². The van der Waals surface area contributed by atoms with Gasteiger partial charge in [0.05, 0.1) is 0 Å². The summed E-state index contributed by atoms with van der Waals surface area (Å²) in [6, 6.07) is 24.5. The standard InChI is InChI=1S/C23H23NO3/c1-3-22(27-21-13-9-17(2)10-14-21)23(25)24-18-11-15-20(16-12-18)26-19-7-5-4-6-8-19/h4-16,22H,3H2,1-2H3,(H,24,25)/t22-/m1/s1. The van der Waals surface area contributed by atoms with Gasteiger partial charge in [0.25, 0.3) is 5.91 Å². The molecule has 0 aliphatic rings. The molecule has 0 heterocycles. The minimum atomic E-state index is -0.548. The van der Waals surface area contributed by atoms with E-state index in [-0.39, 0.29) is 5.91 Å². The summed E-state index contributed by atoms with van der Waals surface area (Å²) in [5.41, 5.74) is 1.85. The van der Waals surface area contributed by atoms with Crippen LogP contribution in [-0.2, 0) is 4.79 Å². The fourth-order valence-electron chi connectivity index (χ4n) is 2.56. The number of ether oxygens (including phenoxy) is 2. The van der Waals surface area contributed by atoms with Gasteiger partial charge < -0.3 is 14.8 Å². The van der Waals surface area contributed by atoms with Crippen LogP contribution in [0.1, 0.15) is 18.9 Å². The molecule has 27 heavy (non-hydrogen) atoms. The first-order chi connectivity index (χ1) is 13.1. The number of benzene rings is 3. The molecule has 0 fully saturated rings. The molecule has 138 valence electrons. The molecule has 1 amide bonds. The zero-order valence-corrected chi connectivity index (χ0v) is 15.5. The van der Waals surface area contributed by atoms with Crippen molar-refractivity contribution < 1.29 is 14.3 Å². The van der Waals surface area contributed by atoms with E-state index in [0.29, 0.717) is 23.6 Å². The van der Waals surface area contributed by atoms with Crippen LogP contribution in [-0.4, -0.2) is 12.0 Å². The molecule has 0 bridgehead atoms. The second kappa shape index (κ2) is 8.90. The average molecular weight is 361 g/mol. The van der Waals surface area contributed by atoms with Crippen LogP contribution in [0.25, 0.3) is 0 Å². The maximum Gasteiger partial charge on any atom is 0.265 e. The number of aryl methyl sites for hydroxylation is 1. The van der Waals surface area contributed by atoms with Crippen LogP contribution in [0, 0.1) is 6.92 Å². The third kappa shape index (κ3) is 5.35. The summed E-state index contributed by atoms with van der Waals surface area (Å²) in [4.78, 5) is 12.5. The summed E-state index contributed by atoms with van der Waals surface area (Å²) >= 11 is 0. The molecule has 0 saturated carbocycles. The van der Waals surface area contributed by atoms with E-state index in [1.807, 2.05) is 92.7 Å². The minimum Gasteiger partial charge on any atom is -0.481 e. The Morgan fingerprint density at radius 1 is 0.852 bits per heavy atom. The molecule has 3 aromatic rings. The summed E-state index contributed by atoms with van der Waals surface area (Å²) in [5, 5.41) is 2.90. The lowest BCUT2D eigenvalue weighted by atomic mass is 10.2. The molecule has 0 spiro atoms. The number of amides is 1. The maximum atomic E-state index is 12.5. The van der Waals surface area contributed by atoms with Crippen LogP contribution in [0.15, 0.2) is 78.9 Å². The third-order valence-electron chi connectivity index (χ3n) is 4.06. The highest BCUT2D eigenvalue weighted by atomic mass is 16.5. The number of hydrogen-bond donors (Lipinski definition) is 1. The summed E-state index contributed by atoms with van der Waals surface area (Å²) in [7, 11) is 0. The van der Waals surface area contributed by atoms with E-state index in [1.54, 1.807) is 0 Å². The molecule has 3 aromatic carbocycles. The quantitative estimate of drug-likeness (QED) is 0.597. The highest BCUT2D eigenvalue weighted by molar-refractivity contribution is 5.94. The maximum absolute atomic E-state index is 12.5. The Morgan fingerprint density at radius 2 is 1.44 bits per heavy atom. The molecule has 4 nitrogen and oxygen atoms in total. The van der Waals surface area contributed by atoms with Gasteiger partial charge >= 0.3 is 0 Å². The van der Waals surface area contributed by atoms with Crippen molar-refractivity contribution in [3.05, 3.63) is 84.4 Å². The number of para-hydroxylation sites is 1. The highest BCUT2D eigenvalue weighted by Gasteiger charge is 2.18. The lowest BCUT2D eigenvalue weighted by molar-refractivity contribution is -0.122. The highest BCUT2D eigenvalue weighted by Crippen LogP contribution is 2.23. The number of hydrogen-bond acceptors (Lipinski definition) is 3. The zero-order chi connectivity index (χ0) is 19.1. The zero-order valence-electron chi connectivity index (χ0n) is 15.5. The largest absolute Gasteiger partial charge is 0.481 e. The van der Waals surface area contributed by atoms with Crippen LogP contribution in [0.5, 0.6) is 17.2 Å². The molecule has 1 atom stereocenters. The van der Waals surface area contributed by atoms with Crippen molar-refractivity contribution in [2.24, 2.45) is 0 Å². The van der Waals surface area contributed by atoms with Gasteiger partial charge in [0.2, 0.25) is 0 Å². The van der Waals surface area contributed by atoms with Crippen LogP contribution < -0.4 is 14.8 Å². The lowest BCUT2D eigenvalue weighted by Crippen LogP contribution is -2.32. The van der Waals surface area contributed by atoms with Crippen LogP contribution in [0.4, 0.5) is 5.69 Å². The second-order valence-corrected chi connectivity index (χ2v) is 6.26. The first-order valence-electron chi connectivity index (χ1n) is 9.01. The van der Waals surface area contributed by atoms with Gasteiger partial charge in [-0.25, -0.2) is 0 Å². The molecule has 0 aliphatic heterocycles. The van der Waals surface area contributed by atoms with E-state index < -0.39 is 6.10 Å². The first-order valence-corrected chi connectivity index (χ1v) is 9.01.